The van der Waals surface area contributed by atoms with Crippen LogP contribution >= 0.6 is 0 Å². The highest BCUT2D eigenvalue weighted by molar-refractivity contribution is 5.88. The molecule has 4 nitrogen and oxygen atoms in total. The van der Waals surface area contributed by atoms with Crippen LogP contribution in [-0.2, 0) is 9.59 Å². The molecule has 2 fully saturated rings. The van der Waals surface area contributed by atoms with Gasteiger partial charge >= 0.3 is 0 Å². The van der Waals surface area contributed by atoms with E-state index in [-0.39, 0.29) is 17.2 Å². The van der Waals surface area contributed by atoms with Crippen LogP contribution < -0.4 is 0 Å². The average molecular weight is 306 g/mol. The van der Waals surface area contributed by atoms with Gasteiger partial charge in [0.1, 0.15) is 0 Å². The summed E-state index contributed by atoms with van der Waals surface area (Å²) in [6.07, 6.45) is 7.70. The molecule has 2 amide bonds. The van der Waals surface area contributed by atoms with Crippen LogP contribution in [-0.4, -0.2) is 47.8 Å². The maximum absolute atomic E-state index is 12.4. The van der Waals surface area contributed by atoms with Gasteiger partial charge in [-0.25, -0.2) is 0 Å². The van der Waals surface area contributed by atoms with Crippen molar-refractivity contribution in [3.05, 3.63) is 12.2 Å². The smallest absolute Gasteiger partial charge is 0.246 e. The molecule has 4 heteroatoms. The van der Waals surface area contributed by atoms with E-state index in [0.717, 1.165) is 0 Å². The summed E-state index contributed by atoms with van der Waals surface area (Å²) < 4.78 is 0. The fourth-order valence-electron chi connectivity index (χ4n) is 3.98. The van der Waals surface area contributed by atoms with Crippen LogP contribution in [0.15, 0.2) is 12.2 Å². The molecule has 0 aromatic rings. The van der Waals surface area contributed by atoms with Crippen molar-refractivity contribution in [3.63, 3.8) is 0 Å². The number of allylic oxidation sites excluding steroid dienone is 1. The molecule has 1 aliphatic heterocycles. The number of hydrogen-bond donors (Lipinski definition) is 0. The summed E-state index contributed by atoms with van der Waals surface area (Å²) in [5, 5.41) is 0. The lowest BCUT2D eigenvalue weighted by molar-refractivity contribution is -0.135. The zero-order valence-electron chi connectivity index (χ0n) is 14.5. The summed E-state index contributed by atoms with van der Waals surface area (Å²) >= 11 is 0. The van der Waals surface area contributed by atoms with Crippen molar-refractivity contribution in [1.82, 2.24) is 9.80 Å². The Hall–Kier alpha value is -1.32. The van der Waals surface area contributed by atoms with Gasteiger partial charge in [-0.1, -0.05) is 39.7 Å². The van der Waals surface area contributed by atoms with Gasteiger partial charge in [-0.05, 0) is 29.7 Å². The Morgan fingerprint density at radius 3 is 2.23 bits per heavy atom. The van der Waals surface area contributed by atoms with Crippen LogP contribution in [0.5, 0.6) is 0 Å². The highest BCUT2D eigenvalue weighted by Crippen LogP contribution is 2.44. The van der Waals surface area contributed by atoms with Crippen molar-refractivity contribution in [1.29, 1.82) is 0 Å². The Morgan fingerprint density at radius 2 is 1.68 bits per heavy atom. The molecule has 2 rings (SSSR count). The Morgan fingerprint density at radius 1 is 1.09 bits per heavy atom. The second-order valence-corrected chi connectivity index (χ2v) is 7.57. The number of nitrogens with zero attached hydrogens (tertiary/aromatic N) is 2. The van der Waals surface area contributed by atoms with E-state index in [2.05, 4.69) is 26.8 Å². The van der Waals surface area contributed by atoms with E-state index in [1.807, 2.05) is 4.90 Å². The quantitative estimate of drug-likeness (QED) is 0.736. The van der Waals surface area contributed by atoms with E-state index in [0.29, 0.717) is 38.0 Å². The SMILES string of the molecule is CC(=O)N1CCN(C(=O)/C=C/[C@H]2[C@H](C)CCCC2(C)C)CC1. The standard InChI is InChI=1S/C18H30N2O2/c1-14-6-5-9-18(3,4)16(14)7-8-17(22)20-12-10-19(11-13-20)15(2)21/h7-8,14,16H,5-6,9-13H2,1-4H3/b8-7+/t14-,16+/m1/s1. The van der Waals surface area contributed by atoms with Gasteiger partial charge in [-0.15, -0.1) is 0 Å². The van der Waals surface area contributed by atoms with E-state index in [1.165, 1.54) is 19.3 Å². The Bertz CT molecular complexity index is 448. The molecule has 0 aromatic heterocycles. The highest BCUT2D eigenvalue weighted by Gasteiger charge is 2.35. The molecule has 22 heavy (non-hydrogen) atoms. The summed E-state index contributed by atoms with van der Waals surface area (Å²) in [6.45, 7) is 11.1. The highest BCUT2D eigenvalue weighted by atomic mass is 16.2. The molecule has 2 atom stereocenters. The largest absolute Gasteiger partial charge is 0.339 e. The second kappa shape index (κ2) is 6.84. The third kappa shape index (κ3) is 3.90. The molecule has 0 unspecified atom stereocenters. The minimum Gasteiger partial charge on any atom is -0.339 e. The monoisotopic (exact) mass is 306 g/mol. The zero-order chi connectivity index (χ0) is 16.3. The van der Waals surface area contributed by atoms with Crippen molar-refractivity contribution >= 4 is 11.8 Å². The number of piperazine rings is 1. The second-order valence-electron chi connectivity index (χ2n) is 7.57. The van der Waals surface area contributed by atoms with Crippen LogP contribution in [0.25, 0.3) is 0 Å². The van der Waals surface area contributed by atoms with Crippen LogP contribution in [0.1, 0.15) is 47.0 Å². The van der Waals surface area contributed by atoms with Crippen LogP contribution in [0.2, 0.25) is 0 Å². The van der Waals surface area contributed by atoms with E-state index in [4.69, 9.17) is 0 Å². The molecule has 0 spiro atoms. The van der Waals surface area contributed by atoms with Gasteiger partial charge in [0.15, 0.2) is 0 Å². The maximum atomic E-state index is 12.4. The molecular formula is C18H30N2O2. The normalized spacial score (nSPS) is 28.9. The van der Waals surface area contributed by atoms with Crippen molar-refractivity contribution in [2.45, 2.75) is 47.0 Å². The molecule has 1 saturated carbocycles. The Balaban J connectivity index is 1.92. The van der Waals surface area contributed by atoms with Gasteiger partial charge in [0.05, 0.1) is 0 Å². The number of carbonyl (C=O) groups is 2. The van der Waals surface area contributed by atoms with Crippen molar-refractivity contribution in [2.75, 3.05) is 26.2 Å². The number of hydrogen-bond acceptors (Lipinski definition) is 2. The Kier molecular flexibility index (Phi) is 5.30. The number of amides is 2. The van der Waals surface area contributed by atoms with Gasteiger partial charge in [0, 0.05) is 33.1 Å². The lowest BCUT2D eigenvalue weighted by Crippen LogP contribution is -2.49. The van der Waals surface area contributed by atoms with Gasteiger partial charge in [0.25, 0.3) is 0 Å². The third-order valence-corrected chi connectivity index (χ3v) is 5.48. The van der Waals surface area contributed by atoms with Gasteiger partial charge < -0.3 is 9.80 Å². The number of rotatable bonds is 2. The molecule has 0 bridgehead atoms. The molecule has 0 N–H and O–H groups in total. The van der Waals surface area contributed by atoms with Crippen LogP contribution in [0.3, 0.4) is 0 Å². The third-order valence-electron chi connectivity index (χ3n) is 5.48. The average Bonchev–Trinajstić information content (AvgIpc) is 2.46. The van der Waals surface area contributed by atoms with Gasteiger partial charge in [0.2, 0.25) is 11.8 Å². The van der Waals surface area contributed by atoms with Crippen LogP contribution in [0, 0.1) is 17.3 Å². The Labute approximate surface area is 134 Å². The molecule has 124 valence electrons. The van der Waals surface area contributed by atoms with Crippen molar-refractivity contribution in [3.8, 4) is 0 Å². The predicted molar refractivity (Wildman–Crippen MR) is 88.3 cm³/mol. The molecule has 0 aromatic carbocycles. The lowest BCUT2D eigenvalue weighted by Gasteiger charge is -2.41. The first-order valence-corrected chi connectivity index (χ1v) is 8.54. The van der Waals surface area contributed by atoms with Crippen LogP contribution in [0.4, 0.5) is 0 Å². The van der Waals surface area contributed by atoms with Crippen molar-refractivity contribution < 1.29 is 9.59 Å². The summed E-state index contributed by atoms with van der Waals surface area (Å²) in [4.78, 5) is 27.4. The maximum Gasteiger partial charge on any atom is 0.246 e. The first-order chi connectivity index (χ1) is 10.3. The minimum absolute atomic E-state index is 0.0942. The molecule has 2 aliphatic rings. The first-order valence-electron chi connectivity index (χ1n) is 8.54. The molecule has 1 saturated heterocycles. The molecule has 1 aliphatic carbocycles. The summed E-state index contributed by atoms with van der Waals surface area (Å²) in [5.41, 5.74) is 0.280. The molecule has 0 radical (unpaired) electrons. The fourth-order valence-corrected chi connectivity index (χ4v) is 3.98. The topological polar surface area (TPSA) is 40.6 Å². The molecular weight excluding hydrogens is 276 g/mol. The number of carbonyl (C=O) groups excluding carboxylic acids is 2. The van der Waals surface area contributed by atoms with Crippen molar-refractivity contribution in [2.24, 2.45) is 17.3 Å². The van der Waals surface area contributed by atoms with E-state index in [9.17, 15) is 9.59 Å². The lowest BCUT2D eigenvalue weighted by atomic mass is 9.64. The minimum atomic E-state index is 0.0942. The zero-order valence-corrected chi connectivity index (χ0v) is 14.5. The van der Waals surface area contributed by atoms with E-state index >= 15 is 0 Å². The first kappa shape index (κ1) is 17.0. The summed E-state index contributed by atoms with van der Waals surface area (Å²) in [5.74, 6) is 1.31. The van der Waals surface area contributed by atoms with E-state index in [1.54, 1.807) is 17.9 Å². The summed E-state index contributed by atoms with van der Waals surface area (Å²) in [6, 6.07) is 0. The molecule has 1 heterocycles. The predicted octanol–water partition coefficient (Wildman–Crippen LogP) is 2.70. The van der Waals surface area contributed by atoms with Gasteiger partial charge in [-0.3, -0.25) is 9.59 Å². The fraction of sp³-hybridized carbons (Fsp3) is 0.778. The van der Waals surface area contributed by atoms with Gasteiger partial charge in [-0.2, -0.15) is 0 Å². The summed E-state index contributed by atoms with van der Waals surface area (Å²) in [7, 11) is 0. The van der Waals surface area contributed by atoms with E-state index < -0.39 is 0 Å².